The molecule has 0 radical (unpaired) electrons. The van der Waals surface area contributed by atoms with Crippen molar-refractivity contribution in [2.24, 2.45) is 11.7 Å². The maximum Gasteiger partial charge on any atom is 0.253 e. The van der Waals surface area contributed by atoms with Crippen LogP contribution in [0.3, 0.4) is 0 Å². The zero-order valence-electron chi connectivity index (χ0n) is 13.8. The summed E-state index contributed by atoms with van der Waals surface area (Å²) in [7, 11) is 0. The van der Waals surface area contributed by atoms with Gasteiger partial charge in [0.15, 0.2) is 0 Å². The Balaban J connectivity index is 1.46. The molecule has 6 nitrogen and oxygen atoms in total. The van der Waals surface area contributed by atoms with Gasteiger partial charge in [0.05, 0.1) is 12.7 Å². The first-order valence-electron chi connectivity index (χ1n) is 8.54. The summed E-state index contributed by atoms with van der Waals surface area (Å²) in [4.78, 5) is 25.1. The number of carbonyl (C=O) groups excluding carboxylic acids is 2. The van der Waals surface area contributed by atoms with Crippen LogP contribution >= 0.6 is 0 Å². The summed E-state index contributed by atoms with van der Waals surface area (Å²) >= 11 is 0. The fraction of sp³-hybridized carbons (Fsp3) is 0.556. The second-order valence-corrected chi connectivity index (χ2v) is 6.55. The smallest absolute Gasteiger partial charge is 0.253 e. The Morgan fingerprint density at radius 2 is 1.75 bits per heavy atom. The van der Waals surface area contributed by atoms with Crippen molar-refractivity contribution in [2.75, 3.05) is 26.3 Å². The number of nitrogens with zero attached hydrogens (tertiary/aromatic N) is 1. The fourth-order valence-corrected chi connectivity index (χ4v) is 2.80. The van der Waals surface area contributed by atoms with Crippen molar-refractivity contribution in [3.63, 3.8) is 0 Å². The van der Waals surface area contributed by atoms with E-state index in [0.29, 0.717) is 24.6 Å². The van der Waals surface area contributed by atoms with Gasteiger partial charge in [0.25, 0.3) is 5.91 Å². The molecule has 0 unspecified atom stereocenters. The average molecular weight is 332 g/mol. The highest BCUT2D eigenvalue weighted by molar-refractivity contribution is 5.94. The standard InChI is InChI=1S/C18H24N2O4/c19-17(21)12-24-16-7-9-20(10-8-16)18(22)14-3-5-15(6-4-14)23-11-13-1-2-13/h3-6,13,16H,1-2,7-12H2,(H2,19,21). The van der Waals surface area contributed by atoms with Crippen LogP contribution in [0.4, 0.5) is 0 Å². The van der Waals surface area contributed by atoms with Crippen LogP contribution in [-0.4, -0.2) is 49.1 Å². The molecule has 1 aromatic carbocycles. The summed E-state index contributed by atoms with van der Waals surface area (Å²) in [6.07, 6.45) is 3.97. The SMILES string of the molecule is NC(=O)COC1CCN(C(=O)c2ccc(OCC3CC3)cc2)CC1. The fourth-order valence-electron chi connectivity index (χ4n) is 2.80. The summed E-state index contributed by atoms with van der Waals surface area (Å²) in [6, 6.07) is 7.36. The summed E-state index contributed by atoms with van der Waals surface area (Å²) in [5, 5.41) is 0. The summed E-state index contributed by atoms with van der Waals surface area (Å²) in [5.41, 5.74) is 5.75. The zero-order chi connectivity index (χ0) is 16.9. The maximum atomic E-state index is 12.5. The van der Waals surface area contributed by atoms with Gasteiger partial charge in [-0.3, -0.25) is 9.59 Å². The maximum absolute atomic E-state index is 12.5. The lowest BCUT2D eigenvalue weighted by atomic mass is 10.1. The molecule has 2 fully saturated rings. The van der Waals surface area contributed by atoms with Crippen molar-refractivity contribution in [1.82, 2.24) is 4.90 Å². The van der Waals surface area contributed by atoms with Crippen molar-refractivity contribution >= 4 is 11.8 Å². The second-order valence-electron chi connectivity index (χ2n) is 6.55. The van der Waals surface area contributed by atoms with Gasteiger partial charge in [-0.2, -0.15) is 0 Å². The number of hydrogen-bond donors (Lipinski definition) is 1. The topological polar surface area (TPSA) is 81.9 Å². The normalized spacial score (nSPS) is 18.4. The molecule has 2 N–H and O–H groups in total. The number of carbonyl (C=O) groups is 2. The third-order valence-electron chi connectivity index (χ3n) is 4.47. The van der Waals surface area contributed by atoms with Crippen LogP contribution in [0.25, 0.3) is 0 Å². The van der Waals surface area contributed by atoms with Crippen LogP contribution in [0, 0.1) is 5.92 Å². The molecule has 2 aliphatic rings. The van der Waals surface area contributed by atoms with Crippen LogP contribution in [0.2, 0.25) is 0 Å². The Kier molecular flexibility index (Phi) is 5.35. The Morgan fingerprint density at radius 3 is 2.33 bits per heavy atom. The number of hydrogen-bond acceptors (Lipinski definition) is 4. The minimum atomic E-state index is -0.461. The van der Waals surface area contributed by atoms with Gasteiger partial charge >= 0.3 is 0 Å². The van der Waals surface area contributed by atoms with Gasteiger partial charge in [0.2, 0.25) is 5.91 Å². The molecule has 0 spiro atoms. The monoisotopic (exact) mass is 332 g/mol. The predicted octanol–water partition coefficient (Wildman–Crippen LogP) is 1.58. The molecule has 6 heteroatoms. The zero-order valence-corrected chi connectivity index (χ0v) is 13.8. The van der Waals surface area contributed by atoms with Crippen LogP contribution in [0.15, 0.2) is 24.3 Å². The van der Waals surface area contributed by atoms with E-state index in [2.05, 4.69) is 0 Å². The summed E-state index contributed by atoms with van der Waals surface area (Å²) in [5.74, 6) is 1.09. The molecule has 24 heavy (non-hydrogen) atoms. The van der Waals surface area contributed by atoms with Crippen molar-refractivity contribution in [3.8, 4) is 5.75 Å². The van der Waals surface area contributed by atoms with Gasteiger partial charge in [-0.15, -0.1) is 0 Å². The molecule has 0 bridgehead atoms. The van der Waals surface area contributed by atoms with Crippen molar-refractivity contribution in [3.05, 3.63) is 29.8 Å². The molecule has 1 aliphatic carbocycles. The molecule has 1 aromatic rings. The van der Waals surface area contributed by atoms with E-state index in [9.17, 15) is 9.59 Å². The van der Waals surface area contributed by atoms with E-state index in [1.165, 1.54) is 12.8 Å². The number of likely N-dealkylation sites (tertiary alicyclic amines) is 1. The molecule has 0 aromatic heterocycles. The number of benzene rings is 1. The largest absolute Gasteiger partial charge is 0.493 e. The van der Waals surface area contributed by atoms with Gasteiger partial charge in [-0.1, -0.05) is 0 Å². The predicted molar refractivity (Wildman–Crippen MR) is 88.7 cm³/mol. The van der Waals surface area contributed by atoms with E-state index in [1.807, 2.05) is 29.2 Å². The first kappa shape index (κ1) is 16.8. The molecule has 1 aliphatic heterocycles. The molecule has 0 atom stereocenters. The summed E-state index contributed by atoms with van der Waals surface area (Å²) < 4.78 is 11.1. The van der Waals surface area contributed by atoms with Gasteiger partial charge in [0, 0.05) is 18.7 Å². The van der Waals surface area contributed by atoms with E-state index in [1.54, 1.807) is 0 Å². The van der Waals surface area contributed by atoms with Crippen LogP contribution in [0.1, 0.15) is 36.0 Å². The van der Waals surface area contributed by atoms with Gasteiger partial charge in [0.1, 0.15) is 12.4 Å². The molecule has 2 amide bonds. The van der Waals surface area contributed by atoms with E-state index >= 15 is 0 Å². The lowest BCUT2D eigenvalue weighted by Crippen LogP contribution is -2.41. The highest BCUT2D eigenvalue weighted by atomic mass is 16.5. The minimum absolute atomic E-state index is 0.000231. The highest BCUT2D eigenvalue weighted by Gasteiger charge is 2.25. The average Bonchev–Trinajstić information content (AvgIpc) is 3.43. The van der Waals surface area contributed by atoms with Gasteiger partial charge in [-0.05, 0) is 55.9 Å². The Morgan fingerprint density at radius 1 is 1.08 bits per heavy atom. The molecule has 3 rings (SSSR count). The third kappa shape index (κ3) is 4.71. The van der Waals surface area contributed by atoms with E-state index < -0.39 is 5.91 Å². The molecular weight excluding hydrogens is 308 g/mol. The number of primary amides is 1. The number of piperidine rings is 1. The Labute approximate surface area is 141 Å². The van der Waals surface area contributed by atoms with Crippen molar-refractivity contribution in [2.45, 2.75) is 31.8 Å². The molecular formula is C18H24N2O4. The Hall–Kier alpha value is -2.08. The number of ether oxygens (including phenoxy) is 2. The van der Waals surface area contributed by atoms with E-state index in [-0.39, 0.29) is 18.6 Å². The number of rotatable bonds is 7. The van der Waals surface area contributed by atoms with Crippen LogP contribution < -0.4 is 10.5 Å². The molecule has 130 valence electrons. The molecule has 1 saturated heterocycles. The summed E-state index contributed by atoms with van der Waals surface area (Å²) in [6.45, 7) is 1.97. The lowest BCUT2D eigenvalue weighted by Gasteiger charge is -2.31. The van der Waals surface area contributed by atoms with E-state index in [0.717, 1.165) is 25.2 Å². The number of amides is 2. The van der Waals surface area contributed by atoms with Crippen LogP contribution in [0.5, 0.6) is 5.75 Å². The first-order valence-corrected chi connectivity index (χ1v) is 8.54. The quantitative estimate of drug-likeness (QED) is 0.822. The van der Waals surface area contributed by atoms with Gasteiger partial charge in [-0.25, -0.2) is 0 Å². The van der Waals surface area contributed by atoms with Crippen LogP contribution in [-0.2, 0) is 9.53 Å². The van der Waals surface area contributed by atoms with Gasteiger partial charge < -0.3 is 20.1 Å². The highest BCUT2D eigenvalue weighted by Crippen LogP contribution is 2.29. The number of nitrogens with two attached hydrogens (primary N) is 1. The first-order chi connectivity index (χ1) is 11.6. The third-order valence-corrected chi connectivity index (χ3v) is 4.47. The van der Waals surface area contributed by atoms with Crippen molar-refractivity contribution in [1.29, 1.82) is 0 Å². The second kappa shape index (κ2) is 7.66. The Bertz CT molecular complexity index is 575. The lowest BCUT2D eigenvalue weighted by molar-refractivity contribution is -0.125. The van der Waals surface area contributed by atoms with E-state index in [4.69, 9.17) is 15.2 Å². The van der Waals surface area contributed by atoms with Crippen molar-refractivity contribution < 1.29 is 19.1 Å². The minimum Gasteiger partial charge on any atom is -0.493 e. The molecule has 1 saturated carbocycles. The molecule has 1 heterocycles.